The molecule has 1 aliphatic heterocycles. The first-order valence-corrected chi connectivity index (χ1v) is 14.0. The minimum absolute atomic E-state index is 0.213. The summed E-state index contributed by atoms with van der Waals surface area (Å²) in [5.41, 5.74) is 4.97. The molecule has 0 saturated carbocycles. The summed E-state index contributed by atoms with van der Waals surface area (Å²) in [6.45, 7) is 10.4. The van der Waals surface area contributed by atoms with Gasteiger partial charge >= 0.3 is 0 Å². The molecule has 0 spiro atoms. The molecular weight excluding hydrogens is 554 g/mol. The summed E-state index contributed by atoms with van der Waals surface area (Å²) in [7, 11) is 1.60. The molecule has 10 heteroatoms. The van der Waals surface area contributed by atoms with Crippen LogP contribution >= 0.6 is 27.7 Å². The summed E-state index contributed by atoms with van der Waals surface area (Å²) >= 11 is 5.23. The van der Waals surface area contributed by atoms with E-state index in [4.69, 9.17) is 19.6 Å². The second-order valence-corrected chi connectivity index (χ2v) is 10.7. The van der Waals surface area contributed by atoms with Gasteiger partial charge in [0, 0.05) is 17.1 Å². The second kappa shape index (κ2) is 11.6. The maximum absolute atomic E-state index is 13.9. The van der Waals surface area contributed by atoms with E-state index in [0.717, 1.165) is 39.0 Å². The highest BCUT2D eigenvalue weighted by Crippen LogP contribution is 2.43. The molecule has 4 rings (SSSR count). The lowest BCUT2D eigenvalue weighted by Crippen LogP contribution is -2.31. The Bertz CT molecular complexity index is 1350. The van der Waals surface area contributed by atoms with Crippen LogP contribution in [0.15, 0.2) is 51.2 Å². The summed E-state index contributed by atoms with van der Waals surface area (Å²) in [4.78, 5) is 18.6. The number of hydrogen-bond acceptors (Lipinski definition) is 7. The van der Waals surface area contributed by atoms with Gasteiger partial charge < -0.3 is 20.1 Å². The summed E-state index contributed by atoms with van der Waals surface area (Å²) in [5, 5.41) is 11.9. The van der Waals surface area contributed by atoms with Gasteiger partial charge in [-0.1, -0.05) is 36.4 Å². The molecular formula is C27H32BrN5O3S. The van der Waals surface area contributed by atoms with E-state index in [2.05, 4.69) is 39.6 Å². The van der Waals surface area contributed by atoms with Crippen LogP contribution in [0.3, 0.4) is 0 Å². The number of benzene rings is 2. The molecule has 2 N–H and O–H groups in total. The van der Waals surface area contributed by atoms with Crippen LogP contribution < -0.4 is 20.1 Å². The van der Waals surface area contributed by atoms with Gasteiger partial charge in [0.15, 0.2) is 11.5 Å². The average molecular weight is 587 g/mol. The molecule has 1 atom stereocenters. The van der Waals surface area contributed by atoms with E-state index in [-0.39, 0.29) is 5.91 Å². The van der Waals surface area contributed by atoms with E-state index in [1.165, 1.54) is 0 Å². The van der Waals surface area contributed by atoms with Gasteiger partial charge in [-0.2, -0.15) is 4.98 Å². The minimum Gasteiger partial charge on any atom is -0.493 e. The number of thioether (sulfide) groups is 1. The van der Waals surface area contributed by atoms with Gasteiger partial charge in [-0.25, -0.2) is 4.68 Å². The fraction of sp³-hybridized carbons (Fsp3) is 0.370. The standard InChI is InChI=1S/C27H32BrN5O3S/c1-7-11-37-27-31-26-29-17(5)22(25(34)30-20-10-9-15(3)12-16(20)4)23(33(26)32-27)18-13-19(28)24(36-8-2)21(14-18)35-6/h9-10,12-14,23H,7-8,11H2,1-6H3,(H,30,34)(H,29,31,32). The zero-order valence-electron chi connectivity index (χ0n) is 21.9. The second-order valence-electron chi connectivity index (χ2n) is 8.82. The smallest absolute Gasteiger partial charge is 0.255 e. The number of carbonyl (C=O) groups is 1. The van der Waals surface area contributed by atoms with E-state index in [1.807, 2.05) is 52.0 Å². The summed E-state index contributed by atoms with van der Waals surface area (Å²) in [6, 6.07) is 9.28. The van der Waals surface area contributed by atoms with Crippen molar-refractivity contribution in [2.45, 2.75) is 52.2 Å². The van der Waals surface area contributed by atoms with Gasteiger partial charge in [0.05, 0.1) is 23.8 Å². The van der Waals surface area contributed by atoms with Crippen LogP contribution in [0.25, 0.3) is 0 Å². The van der Waals surface area contributed by atoms with Gasteiger partial charge in [-0.3, -0.25) is 4.79 Å². The maximum Gasteiger partial charge on any atom is 0.255 e. The Balaban J connectivity index is 1.83. The fourth-order valence-corrected chi connectivity index (χ4v) is 5.57. The Morgan fingerprint density at radius 3 is 2.68 bits per heavy atom. The molecule has 0 aliphatic carbocycles. The Kier molecular flexibility index (Phi) is 8.49. The van der Waals surface area contributed by atoms with E-state index < -0.39 is 6.04 Å². The van der Waals surface area contributed by atoms with Crippen LogP contribution in [0.2, 0.25) is 0 Å². The summed E-state index contributed by atoms with van der Waals surface area (Å²) < 4.78 is 14.0. The number of amides is 1. The fourth-order valence-electron chi connectivity index (χ4n) is 4.31. The van der Waals surface area contributed by atoms with Crippen molar-refractivity contribution in [1.82, 2.24) is 14.8 Å². The molecule has 1 aromatic heterocycles. The molecule has 0 bridgehead atoms. The number of aryl methyl sites for hydroxylation is 2. The number of hydrogen-bond donors (Lipinski definition) is 2. The molecule has 0 fully saturated rings. The van der Waals surface area contributed by atoms with Gasteiger partial charge in [0.2, 0.25) is 11.1 Å². The van der Waals surface area contributed by atoms with Crippen molar-refractivity contribution >= 4 is 45.2 Å². The van der Waals surface area contributed by atoms with Crippen molar-refractivity contribution in [3.05, 3.63) is 62.8 Å². The lowest BCUT2D eigenvalue weighted by atomic mass is 9.94. The van der Waals surface area contributed by atoms with E-state index >= 15 is 0 Å². The number of fused-ring (bicyclic) bond motifs is 1. The van der Waals surface area contributed by atoms with E-state index in [0.29, 0.717) is 40.5 Å². The number of methoxy groups -OCH3 is 1. The molecule has 0 saturated heterocycles. The highest BCUT2D eigenvalue weighted by molar-refractivity contribution is 9.10. The zero-order chi connectivity index (χ0) is 26.7. The Morgan fingerprint density at radius 1 is 1.22 bits per heavy atom. The van der Waals surface area contributed by atoms with Crippen LogP contribution in [0, 0.1) is 13.8 Å². The third-order valence-electron chi connectivity index (χ3n) is 6.00. The highest BCUT2D eigenvalue weighted by Gasteiger charge is 2.35. The molecule has 37 heavy (non-hydrogen) atoms. The van der Waals surface area contributed by atoms with Crippen LogP contribution in [-0.2, 0) is 4.79 Å². The van der Waals surface area contributed by atoms with Crippen molar-refractivity contribution in [2.75, 3.05) is 30.1 Å². The lowest BCUT2D eigenvalue weighted by Gasteiger charge is -2.29. The van der Waals surface area contributed by atoms with Crippen LogP contribution in [-0.4, -0.2) is 40.1 Å². The third-order valence-corrected chi connectivity index (χ3v) is 7.63. The molecule has 1 amide bonds. The number of ether oxygens (including phenoxy) is 2. The largest absolute Gasteiger partial charge is 0.493 e. The number of nitrogens with one attached hydrogen (secondary N) is 2. The van der Waals surface area contributed by atoms with E-state index in [1.54, 1.807) is 23.6 Å². The molecule has 196 valence electrons. The molecule has 3 aromatic rings. The van der Waals surface area contributed by atoms with Crippen molar-refractivity contribution < 1.29 is 14.3 Å². The van der Waals surface area contributed by atoms with Gasteiger partial charge in [-0.15, -0.1) is 5.10 Å². The Hall–Kier alpha value is -2.98. The third kappa shape index (κ3) is 5.65. The van der Waals surface area contributed by atoms with Crippen molar-refractivity contribution in [2.24, 2.45) is 0 Å². The predicted molar refractivity (Wildman–Crippen MR) is 152 cm³/mol. The van der Waals surface area contributed by atoms with Crippen molar-refractivity contribution in [1.29, 1.82) is 0 Å². The number of carbonyl (C=O) groups excluding carboxylic acids is 1. The number of rotatable bonds is 9. The molecule has 2 heterocycles. The van der Waals surface area contributed by atoms with Gasteiger partial charge in [0.25, 0.3) is 5.91 Å². The zero-order valence-corrected chi connectivity index (χ0v) is 24.3. The number of allylic oxidation sites excluding steroid dienone is 1. The number of nitrogens with zero attached hydrogens (tertiary/aromatic N) is 3. The first kappa shape index (κ1) is 27.1. The van der Waals surface area contributed by atoms with Crippen LogP contribution in [0.5, 0.6) is 11.5 Å². The number of halogens is 1. The highest BCUT2D eigenvalue weighted by atomic mass is 79.9. The number of anilines is 2. The molecule has 8 nitrogen and oxygen atoms in total. The Labute approximate surface area is 230 Å². The SMILES string of the molecule is CCCSc1nc2n(n1)C(c1cc(Br)c(OCC)c(OC)c1)C(C(=O)Nc1ccc(C)cc1C)=C(C)N2. The quantitative estimate of drug-likeness (QED) is 0.277. The normalized spacial score (nSPS) is 14.7. The monoisotopic (exact) mass is 585 g/mol. The first-order chi connectivity index (χ1) is 17.8. The lowest BCUT2D eigenvalue weighted by molar-refractivity contribution is -0.113. The molecule has 1 aliphatic rings. The van der Waals surface area contributed by atoms with Crippen LogP contribution in [0.4, 0.5) is 11.6 Å². The predicted octanol–water partition coefficient (Wildman–Crippen LogP) is 6.49. The Morgan fingerprint density at radius 2 is 2.00 bits per heavy atom. The van der Waals surface area contributed by atoms with Gasteiger partial charge in [-0.05, 0) is 79.4 Å². The number of aromatic nitrogens is 3. The molecule has 0 radical (unpaired) electrons. The molecule has 2 aromatic carbocycles. The summed E-state index contributed by atoms with van der Waals surface area (Å²) in [5.74, 6) is 2.47. The topological polar surface area (TPSA) is 90.3 Å². The maximum atomic E-state index is 13.9. The van der Waals surface area contributed by atoms with Crippen molar-refractivity contribution in [3.8, 4) is 11.5 Å². The summed E-state index contributed by atoms with van der Waals surface area (Å²) in [6.07, 6.45) is 1.01. The first-order valence-electron chi connectivity index (χ1n) is 12.2. The van der Waals surface area contributed by atoms with Crippen molar-refractivity contribution in [3.63, 3.8) is 0 Å². The van der Waals surface area contributed by atoms with Gasteiger partial charge in [0.1, 0.15) is 6.04 Å². The van der Waals surface area contributed by atoms with Crippen LogP contribution in [0.1, 0.15) is 49.9 Å². The average Bonchev–Trinajstić information content (AvgIpc) is 3.26. The molecule has 1 unspecified atom stereocenters. The van der Waals surface area contributed by atoms with E-state index in [9.17, 15) is 4.79 Å². The minimum atomic E-state index is -0.536.